The third-order valence-corrected chi connectivity index (χ3v) is 15.0. The number of rotatable bonds is 7. The summed E-state index contributed by atoms with van der Waals surface area (Å²) in [6.07, 6.45) is 9.73. The molecule has 5 aliphatic carbocycles. The summed E-state index contributed by atoms with van der Waals surface area (Å²) in [5.74, 6) is 0.110. The van der Waals surface area contributed by atoms with Crippen molar-refractivity contribution in [3.05, 3.63) is 12.2 Å². The predicted octanol–water partition coefficient (Wildman–Crippen LogP) is 8.53. The summed E-state index contributed by atoms with van der Waals surface area (Å²) in [6.45, 7) is 22.3. The molecule has 5 aliphatic rings. The van der Waals surface area contributed by atoms with Gasteiger partial charge in [0.25, 0.3) is 0 Å². The van der Waals surface area contributed by atoms with Crippen molar-refractivity contribution in [1.82, 2.24) is 0 Å². The Kier molecular flexibility index (Phi) is 7.82. The molecule has 5 rings (SSSR count). The van der Waals surface area contributed by atoms with Gasteiger partial charge in [-0.1, -0.05) is 60.6 Å². The van der Waals surface area contributed by atoms with Gasteiger partial charge in [0.2, 0.25) is 0 Å². The number of aliphatic carboxylic acids is 2. The molecule has 43 heavy (non-hydrogen) atoms. The Labute approximate surface area is 259 Å². The van der Waals surface area contributed by atoms with E-state index in [-0.39, 0.29) is 52.5 Å². The summed E-state index contributed by atoms with van der Waals surface area (Å²) in [7, 11) is 0. The molecule has 0 radical (unpaired) electrons. The van der Waals surface area contributed by atoms with Crippen molar-refractivity contribution in [2.45, 2.75) is 139 Å². The zero-order valence-corrected chi connectivity index (χ0v) is 28.2. The van der Waals surface area contributed by atoms with Gasteiger partial charge in [0.05, 0.1) is 18.3 Å². The van der Waals surface area contributed by atoms with Crippen molar-refractivity contribution >= 4 is 17.9 Å². The van der Waals surface area contributed by atoms with Crippen LogP contribution in [0.25, 0.3) is 0 Å². The predicted molar refractivity (Wildman–Crippen MR) is 167 cm³/mol. The lowest BCUT2D eigenvalue weighted by Gasteiger charge is -2.72. The van der Waals surface area contributed by atoms with E-state index >= 15 is 0 Å². The summed E-state index contributed by atoms with van der Waals surface area (Å²) >= 11 is 0. The Morgan fingerprint density at radius 2 is 1.49 bits per heavy atom. The van der Waals surface area contributed by atoms with Crippen molar-refractivity contribution in [3.8, 4) is 0 Å². The quantitative estimate of drug-likeness (QED) is 0.225. The maximum absolute atomic E-state index is 13.1. The van der Waals surface area contributed by atoms with Gasteiger partial charge >= 0.3 is 17.9 Å². The number of esters is 1. The fraction of sp³-hybridized carbons (Fsp3) is 0.865. The molecule has 5 fully saturated rings. The molecule has 242 valence electrons. The van der Waals surface area contributed by atoms with Crippen molar-refractivity contribution in [1.29, 1.82) is 0 Å². The van der Waals surface area contributed by atoms with E-state index < -0.39 is 22.8 Å². The van der Waals surface area contributed by atoms with Gasteiger partial charge in [0.15, 0.2) is 0 Å². The van der Waals surface area contributed by atoms with Crippen LogP contribution in [-0.4, -0.2) is 34.2 Å². The van der Waals surface area contributed by atoms with E-state index in [1.807, 2.05) is 13.8 Å². The Hall–Kier alpha value is -1.85. The van der Waals surface area contributed by atoms with Crippen molar-refractivity contribution in [2.75, 3.05) is 0 Å². The van der Waals surface area contributed by atoms with E-state index in [4.69, 9.17) is 4.74 Å². The van der Waals surface area contributed by atoms with Gasteiger partial charge in [-0.2, -0.15) is 0 Å². The summed E-state index contributed by atoms with van der Waals surface area (Å²) < 4.78 is 6.20. The molecule has 6 heteroatoms. The van der Waals surface area contributed by atoms with Crippen molar-refractivity contribution in [2.24, 2.45) is 62.1 Å². The lowest BCUT2D eigenvalue weighted by atomic mass is 9.32. The molecule has 6 nitrogen and oxygen atoms in total. The first kappa shape index (κ1) is 32.5. The molecule has 10 atom stereocenters. The molecular weight excluding hydrogens is 540 g/mol. The van der Waals surface area contributed by atoms with Gasteiger partial charge in [-0.15, -0.1) is 0 Å². The Bertz CT molecular complexity index is 1190. The van der Waals surface area contributed by atoms with Crippen LogP contribution < -0.4 is 0 Å². The van der Waals surface area contributed by atoms with E-state index in [2.05, 4.69) is 48.1 Å². The highest BCUT2D eigenvalue weighted by atomic mass is 16.5. The number of allylic oxidation sites excluding steroid dienone is 1. The fourth-order valence-corrected chi connectivity index (χ4v) is 12.8. The molecule has 0 aliphatic heterocycles. The molecule has 2 N–H and O–H groups in total. The molecule has 0 aromatic carbocycles. The van der Waals surface area contributed by atoms with Crippen LogP contribution in [0.4, 0.5) is 0 Å². The van der Waals surface area contributed by atoms with Crippen LogP contribution in [0.2, 0.25) is 0 Å². The largest absolute Gasteiger partial charge is 0.481 e. The lowest BCUT2D eigenvalue weighted by molar-refractivity contribution is -0.250. The second-order valence-electron chi connectivity index (χ2n) is 17.9. The van der Waals surface area contributed by atoms with E-state index in [0.717, 1.165) is 64.2 Å². The second kappa shape index (κ2) is 10.3. The molecule has 0 bridgehead atoms. The molecule has 0 unspecified atom stereocenters. The zero-order valence-electron chi connectivity index (χ0n) is 28.2. The number of carbonyl (C=O) groups excluding carboxylic acids is 1. The molecule has 0 aromatic heterocycles. The normalized spacial score (nSPS) is 45.1. The van der Waals surface area contributed by atoms with Crippen LogP contribution in [-0.2, 0) is 19.1 Å². The van der Waals surface area contributed by atoms with Gasteiger partial charge in [-0.3, -0.25) is 14.4 Å². The average molecular weight is 599 g/mol. The monoisotopic (exact) mass is 598 g/mol. The SMILES string of the molecule is C=C(C)[C@@H]1CC[C@]2(C(=O)O)CC[C@]3(C)[C@H](CC[C@@H]4[C@@]5(C)CC[C@H](OC(=O)CC(C)(C)CC(=O)O)C(C)(C)[C@@H]5CC[C@]43C)[C@@H]12. The van der Waals surface area contributed by atoms with Crippen molar-refractivity contribution < 1.29 is 29.3 Å². The van der Waals surface area contributed by atoms with Gasteiger partial charge < -0.3 is 14.9 Å². The van der Waals surface area contributed by atoms with Crippen LogP contribution >= 0.6 is 0 Å². The molecule has 0 aromatic rings. The number of hydrogen-bond donors (Lipinski definition) is 2. The first-order chi connectivity index (χ1) is 19.7. The number of fused-ring (bicyclic) bond motifs is 7. The maximum Gasteiger partial charge on any atom is 0.309 e. The first-order valence-corrected chi connectivity index (χ1v) is 17.1. The summed E-state index contributed by atoms with van der Waals surface area (Å²) in [4.78, 5) is 37.3. The fourth-order valence-electron chi connectivity index (χ4n) is 12.8. The summed E-state index contributed by atoms with van der Waals surface area (Å²) in [5, 5.41) is 19.9. The topological polar surface area (TPSA) is 101 Å². The second-order valence-corrected chi connectivity index (χ2v) is 17.9. The molecular formula is C37H58O6. The van der Waals surface area contributed by atoms with Crippen LogP contribution in [0.3, 0.4) is 0 Å². The summed E-state index contributed by atoms with van der Waals surface area (Å²) in [5.41, 5.74) is 0.101. The first-order valence-electron chi connectivity index (χ1n) is 17.1. The zero-order chi connectivity index (χ0) is 32.0. The third-order valence-electron chi connectivity index (χ3n) is 15.0. The average Bonchev–Trinajstić information content (AvgIpc) is 3.26. The minimum Gasteiger partial charge on any atom is -0.481 e. The van der Waals surface area contributed by atoms with Crippen LogP contribution in [0.5, 0.6) is 0 Å². The van der Waals surface area contributed by atoms with Gasteiger partial charge in [-0.05, 0) is 122 Å². The van der Waals surface area contributed by atoms with Gasteiger partial charge in [0.1, 0.15) is 6.10 Å². The van der Waals surface area contributed by atoms with E-state index in [0.29, 0.717) is 23.7 Å². The minimum absolute atomic E-state index is 0.0571. The number of ether oxygens (including phenoxy) is 1. The van der Waals surface area contributed by atoms with Crippen molar-refractivity contribution in [3.63, 3.8) is 0 Å². The smallest absolute Gasteiger partial charge is 0.309 e. The van der Waals surface area contributed by atoms with E-state index in [1.165, 1.54) is 5.57 Å². The number of hydrogen-bond acceptors (Lipinski definition) is 4. The molecule has 0 amide bonds. The summed E-state index contributed by atoms with van der Waals surface area (Å²) in [6, 6.07) is 0. The van der Waals surface area contributed by atoms with Gasteiger partial charge in [-0.25, -0.2) is 0 Å². The standard InChI is InChI=1S/C37H58O6/c1-22(2)23-12-17-37(31(41)42)19-18-35(8)24(30(23)37)10-11-26-34(7)15-14-27(33(5,6)25(34)13-16-36(26,35)9)43-29(40)21-32(3,4)20-28(38)39/h23-27,30H,1,10-21H2,2-9H3,(H,38,39)(H,41,42)/t23-,24+,25-,26+,27-,30+,34-,35+,36+,37-/m0/s1. The van der Waals surface area contributed by atoms with Gasteiger partial charge in [0, 0.05) is 5.41 Å². The third kappa shape index (κ3) is 4.73. The molecule has 0 saturated heterocycles. The van der Waals surface area contributed by atoms with E-state index in [1.54, 1.807) is 0 Å². The maximum atomic E-state index is 13.1. The highest BCUT2D eigenvalue weighted by molar-refractivity contribution is 5.76. The molecule has 5 saturated carbocycles. The molecule has 0 spiro atoms. The van der Waals surface area contributed by atoms with Crippen LogP contribution in [0.15, 0.2) is 12.2 Å². The number of carboxylic acid groups (broad SMARTS) is 2. The highest BCUT2D eigenvalue weighted by Crippen LogP contribution is 2.77. The van der Waals surface area contributed by atoms with E-state index in [9.17, 15) is 24.6 Å². The minimum atomic E-state index is -0.894. The van der Waals surface area contributed by atoms with Crippen LogP contribution in [0, 0.1) is 62.1 Å². The number of carboxylic acids is 2. The Balaban J connectivity index is 1.40. The highest BCUT2D eigenvalue weighted by Gasteiger charge is 2.72. The Morgan fingerprint density at radius 1 is 0.814 bits per heavy atom. The number of carbonyl (C=O) groups is 3. The lowest BCUT2D eigenvalue weighted by Crippen LogP contribution is -2.67. The molecule has 0 heterocycles. The van der Waals surface area contributed by atoms with Crippen LogP contribution in [0.1, 0.15) is 132 Å². The Morgan fingerprint density at radius 3 is 2.09 bits per heavy atom.